The summed E-state index contributed by atoms with van der Waals surface area (Å²) in [7, 11) is 0. The van der Waals surface area contributed by atoms with Crippen LogP contribution in [0.1, 0.15) is 31.0 Å². The fourth-order valence-electron chi connectivity index (χ4n) is 2.24. The van der Waals surface area contributed by atoms with Crippen molar-refractivity contribution in [1.82, 2.24) is 19.9 Å². The molecule has 1 aliphatic rings. The van der Waals surface area contributed by atoms with E-state index in [0.717, 1.165) is 36.3 Å². The van der Waals surface area contributed by atoms with Gasteiger partial charge < -0.3 is 10.7 Å². The van der Waals surface area contributed by atoms with E-state index in [1.54, 1.807) is 6.20 Å². The monoisotopic (exact) mass is 203 g/mol. The summed E-state index contributed by atoms with van der Waals surface area (Å²) in [6.07, 6.45) is 6.51. The van der Waals surface area contributed by atoms with Gasteiger partial charge in [-0.1, -0.05) is 0 Å². The minimum absolute atomic E-state index is 0.328. The Morgan fingerprint density at radius 2 is 2.33 bits per heavy atom. The van der Waals surface area contributed by atoms with Crippen LogP contribution in [0.3, 0.4) is 0 Å². The molecule has 1 aliphatic carbocycles. The lowest BCUT2D eigenvalue weighted by atomic mass is 10.1. The van der Waals surface area contributed by atoms with Crippen molar-refractivity contribution in [2.75, 3.05) is 0 Å². The minimum atomic E-state index is 0.328. The second-order valence-corrected chi connectivity index (χ2v) is 4.15. The van der Waals surface area contributed by atoms with Gasteiger partial charge in [-0.15, -0.1) is 0 Å². The van der Waals surface area contributed by atoms with Gasteiger partial charge in [0.2, 0.25) is 0 Å². The van der Waals surface area contributed by atoms with Crippen LogP contribution in [0.4, 0.5) is 0 Å². The number of fused-ring (bicyclic) bond motifs is 1. The number of rotatable bonds is 1. The van der Waals surface area contributed by atoms with Gasteiger partial charge in [-0.2, -0.15) is 0 Å². The molecule has 3 rings (SSSR count). The summed E-state index contributed by atoms with van der Waals surface area (Å²) in [6, 6.07) is 0.328. The van der Waals surface area contributed by atoms with Gasteiger partial charge in [-0.05, 0) is 19.3 Å². The molecule has 0 unspecified atom stereocenters. The summed E-state index contributed by atoms with van der Waals surface area (Å²) in [6.45, 7) is 0. The van der Waals surface area contributed by atoms with E-state index in [4.69, 9.17) is 5.73 Å². The van der Waals surface area contributed by atoms with Gasteiger partial charge in [-0.25, -0.2) is 15.0 Å². The molecular formula is C10H13N5. The van der Waals surface area contributed by atoms with Gasteiger partial charge in [0.25, 0.3) is 0 Å². The number of hydrogen-bond donors (Lipinski definition) is 2. The molecule has 2 atom stereocenters. The van der Waals surface area contributed by atoms with Crippen LogP contribution in [0.2, 0.25) is 0 Å². The smallest absolute Gasteiger partial charge is 0.180 e. The van der Waals surface area contributed by atoms with Crippen molar-refractivity contribution in [3.05, 3.63) is 18.3 Å². The number of aromatic nitrogens is 4. The Bertz CT molecular complexity index is 444. The highest BCUT2D eigenvalue weighted by atomic mass is 15.0. The third-order valence-electron chi connectivity index (χ3n) is 3.04. The van der Waals surface area contributed by atoms with Gasteiger partial charge in [0.1, 0.15) is 17.7 Å². The molecule has 0 radical (unpaired) electrons. The first-order valence-corrected chi connectivity index (χ1v) is 5.24. The summed E-state index contributed by atoms with van der Waals surface area (Å²) in [5.74, 6) is 1.48. The van der Waals surface area contributed by atoms with E-state index < -0.39 is 0 Å². The summed E-state index contributed by atoms with van der Waals surface area (Å²) >= 11 is 0. The Balaban J connectivity index is 1.98. The molecular weight excluding hydrogens is 190 g/mol. The lowest BCUT2D eigenvalue weighted by molar-refractivity contribution is 0.651. The van der Waals surface area contributed by atoms with E-state index in [2.05, 4.69) is 19.9 Å². The maximum atomic E-state index is 5.89. The Morgan fingerprint density at radius 3 is 3.07 bits per heavy atom. The van der Waals surface area contributed by atoms with Crippen molar-refractivity contribution in [1.29, 1.82) is 0 Å². The second kappa shape index (κ2) is 3.27. The first-order valence-electron chi connectivity index (χ1n) is 5.24. The topological polar surface area (TPSA) is 80.5 Å². The molecule has 0 amide bonds. The molecule has 0 aliphatic heterocycles. The predicted octanol–water partition coefficient (Wildman–Crippen LogP) is 0.948. The Morgan fingerprint density at radius 1 is 1.40 bits per heavy atom. The number of imidazole rings is 1. The molecule has 2 heterocycles. The van der Waals surface area contributed by atoms with E-state index in [9.17, 15) is 0 Å². The van der Waals surface area contributed by atoms with Gasteiger partial charge in [0.15, 0.2) is 5.65 Å². The number of nitrogens with two attached hydrogens (primary N) is 1. The van der Waals surface area contributed by atoms with Gasteiger partial charge >= 0.3 is 0 Å². The standard InChI is InChI=1S/C10H13N5/c11-7-2-1-6(3-7)9-14-8-4-12-5-13-10(8)15-9/h4-7H,1-3,11H2,(H,12,13,14,15)/t6-,7+/m1/s1. The molecule has 5 nitrogen and oxygen atoms in total. The maximum absolute atomic E-state index is 5.89. The minimum Gasteiger partial charge on any atom is -0.339 e. The van der Waals surface area contributed by atoms with Crippen LogP contribution >= 0.6 is 0 Å². The highest BCUT2D eigenvalue weighted by Gasteiger charge is 2.25. The maximum Gasteiger partial charge on any atom is 0.180 e. The van der Waals surface area contributed by atoms with Crippen LogP contribution in [0, 0.1) is 0 Å². The Labute approximate surface area is 87.1 Å². The van der Waals surface area contributed by atoms with E-state index in [0.29, 0.717) is 12.0 Å². The van der Waals surface area contributed by atoms with Crippen molar-refractivity contribution >= 4 is 11.2 Å². The molecule has 0 saturated heterocycles. The van der Waals surface area contributed by atoms with Gasteiger partial charge in [-0.3, -0.25) is 0 Å². The van der Waals surface area contributed by atoms with Crippen LogP contribution in [0.15, 0.2) is 12.5 Å². The first kappa shape index (κ1) is 8.79. The number of aromatic amines is 1. The Kier molecular flexibility index (Phi) is 1.92. The number of H-pyrrole nitrogens is 1. The molecule has 3 N–H and O–H groups in total. The van der Waals surface area contributed by atoms with Crippen LogP contribution in [-0.4, -0.2) is 26.0 Å². The first-order chi connectivity index (χ1) is 7.33. The molecule has 2 aromatic rings. The zero-order valence-electron chi connectivity index (χ0n) is 8.35. The molecule has 2 aromatic heterocycles. The average Bonchev–Trinajstić information content (AvgIpc) is 2.82. The summed E-state index contributed by atoms with van der Waals surface area (Å²) in [5.41, 5.74) is 7.55. The summed E-state index contributed by atoms with van der Waals surface area (Å²) in [5, 5.41) is 0. The third-order valence-corrected chi connectivity index (χ3v) is 3.04. The molecule has 1 saturated carbocycles. The van der Waals surface area contributed by atoms with Gasteiger partial charge in [0, 0.05) is 12.0 Å². The Hall–Kier alpha value is -1.49. The third kappa shape index (κ3) is 1.48. The molecule has 15 heavy (non-hydrogen) atoms. The highest BCUT2D eigenvalue weighted by Crippen LogP contribution is 2.32. The van der Waals surface area contributed by atoms with E-state index >= 15 is 0 Å². The number of nitrogens with zero attached hydrogens (tertiary/aromatic N) is 3. The molecule has 0 bridgehead atoms. The van der Waals surface area contributed by atoms with Crippen LogP contribution < -0.4 is 5.73 Å². The van der Waals surface area contributed by atoms with Crippen LogP contribution in [0.5, 0.6) is 0 Å². The fourth-order valence-corrected chi connectivity index (χ4v) is 2.24. The zero-order chi connectivity index (χ0) is 10.3. The van der Waals surface area contributed by atoms with E-state index in [1.165, 1.54) is 6.33 Å². The second-order valence-electron chi connectivity index (χ2n) is 4.15. The van der Waals surface area contributed by atoms with Crippen molar-refractivity contribution < 1.29 is 0 Å². The zero-order valence-corrected chi connectivity index (χ0v) is 8.35. The summed E-state index contributed by atoms with van der Waals surface area (Å²) in [4.78, 5) is 15.8. The SMILES string of the molecule is N[C@H]1CC[C@@H](c2nc3ncncc3[nH]2)C1. The molecule has 0 aromatic carbocycles. The number of nitrogens with one attached hydrogen (secondary N) is 1. The fraction of sp³-hybridized carbons (Fsp3) is 0.500. The lowest BCUT2D eigenvalue weighted by Crippen LogP contribution is -2.14. The highest BCUT2D eigenvalue weighted by molar-refractivity contribution is 5.68. The van der Waals surface area contributed by atoms with Crippen molar-refractivity contribution in [2.24, 2.45) is 5.73 Å². The molecule has 0 spiro atoms. The van der Waals surface area contributed by atoms with E-state index in [-0.39, 0.29) is 0 Å². The molecule has 1 fully saturated rings. The predicted molar refractivity (Wildman–Crippen MR) is 56.3 cm³/mol. The normalized spacial score (nSPS) is 26.2. The lowest BCUT2D eigenvalue weighted by Gasteiger charge is -2.03. The van der Waals surface area contributed by atoms with E-state index in [1.807, 2.05) is 0 Å². The van der Waals surface area contributed by atoms with Crippen molar-refractivity contribution in [3.8, 4) is 0 Å². The molecule has 78 valence electrons. The van der Waals surface area contributed by atoms with Crippen molar-refractivity contribution in [3.63, 3.8) is 0 Å². The van der Waals surface area contributed by atoms with Crippen molar-refractivity contribution in [2.45, 2.75) is 31.2 Å². The average molecular weight is 203 g/mol. The largest absolute Gasteiger partial charge is 0.339 e. The quantitative estimate of drug-likeness (QED) is 0.723. The van der Waals surface area contributed by atoms with Crippen LogP contribution in [-0.2, 0) is 0 Å². The summed E-state index contributed by atoms with van der Waals surface area (Å²) < 4.78 is 0. The number of hydrogen-bond acceptors (Lipinski definition) is 4. The molecule has 5 heteroatoms. The van der Waals surface area contributed by atoms with Gasteiger partial charge in [0.05, 0.1) is 6.20 Å². The van der Waals surface area contributed by atoms with Crippen LogP contribution in [0.25, 0.3) is 11.2 Å².